The summed E-state index contributed by atoms with van der Waals surface area (Å²) in [6.45, 7) is 39.3. The van der Waals surface area contributed by atoms with Crippen molar-refractivity contribution >= 4 is 0 Å². The largest absolute Gasteiger partial charge is 0.379 e. The number of unbranched alkanes of at least 4 members (excludes halogenated alkanes) is 2. The van der Waals surface area contributed by atoms with Gasteiger partial charge in [0, 0.05) is 13.2 Å². The molecule has 0 radical (unpaired) electrons. The molecule has 5 saturated carbocycles. The van der Waals surface area contributed by atoms with Gasteiger partial charge in [-0.3, -0.25) is 0 Å². The number of rotatable bonds is 20. The molecule has 10 nitrogen and oxygen atoms in total. The van der Waals surface area contributed by atoms with Gasteiger partial charge in [-0.25, -0.2) is 0 Å². The summed E-state index contributed by atoms with van der Waals surface area (Å²) in [7, 11) is 0. The third kappa shape index (κ3) is 22.1. The summed E-state index contributed by atoms with van der Waals surface area (Å²) >= 11 is 0. The van der Waals surface area contributed by atoms with E-state index in [-0.39, 0.29) is 5.60 Å². The van der Waals surface area contributed by atoms with Crippen molar-refractivity contribution in [2.75, 3.05) is 52.9 Å². The van der Waals surface area contributed by atoms with Crippen LogP contribution in [-0.4, -0.2) is 126 Å². The number of hydrogen-bond acceptors (Lipinski definition) is 10. The Morgan fingerprint density at radius 3 is 1.68 bits per heavy atom. The minimum absolute atomic E-state index is 0.268. The van der Waals surface area contributed by atoms with Crippen LogP contribution in [0.5, 0.6) is 0 Å². The van der Waals surface area contributed by atoms with E-state index in [1.165, 1.54) is 128 Å². The highest BCUT2D eigenvalue weighted by Gasteiger charge is 2.62. The number of hydrogen-bond donors (Lipinski definition) is 0. The summed E-state index contributed by atoms with van der Waals surface area (Å²) in [4.78, 5) is 0. The quantitative estimate of drug-likeness (QED) is 0.0861. The molecule has 5 aliphatic carbocycles. The molecular weight excluding hydrogens is 941 g/mol. The maximum atomic E-state index is 5.83. The monoisotopic (exact) mass is 1060 g/mol. The van der Waals surface area contributed by atoms with E-state index in [2.05, 4.69) is 96.9 Å². The average molecular weight is 1060 g/mol. The molecule has 0 amide bonds. The van der Waals surface area contributed by atoms with E-state index in [1.807, 2.05) is 0 Å². The molecule has 440 valence electrons. The lowest BCUT2D eigenvalue weighted by Gasteiger charge is -2.32. The minimum Gasteiger partial charge on any atom is -0.379 e. The van der Waals surface area contributed by atoms with Crippen LogP contribution < -0.4 is 0 Å². The molecule has 13 rings (SSSR count). The third-order valence-electron chi connectivity index (χ3n) is 19.7. The minimum atomic E-state index is 0.268. The van der Waals surface area contributed by atoms with Gasteiger partial charge in [-0.15, -0.1) is 0 Å². The molecule has 0 aromatic rings. The van der Waals surface area contributed by atoms with Crippen molar-refractivity contribution < 1.29 is 47.4 Å². The van der Waals surface area contributed by atoms with E-state index in [0.717, 1.165) is 125 Å². The van der Waals surface area contributed by atoms with E-state index in [0.29, 0.717) is 60.4 Å². The zero-order valence-corrected chi connectivity index (χ0v) is 51.1. The molecule has 8 heterocycles. The zero-order valence-electron chi connectivity index (χ0n) is 51.1. The van der Waals surface area contributed by atoms with Crippen LogP contribution in [0.25, 0.3) is 0 Å². The van der Waals surface area contributed by atoms with Crippen molar-refractivity contribution in [3.05, 3.63) is 0 Å². The topological polar surface area (TPSA) is 119 Å². The zero-order chi connectivity index (χ0) is 54.1. The second kappa shape index (κ2) is 31.7. The van der Waals surface area contributed by atoms with E-state index in [9.17, 15) is 0 Å². The normalized spacial score (nSPS) is 41.4. The second-order valence-electron chi connectivity index (χ2n) is 26.8. The fourth-order valence-corrected chi connectivity index (χ4v) is 13.1. The summed E-state index contributed by atoms with van der Waals surface area (Å²) in [5.41, 5.74) is 0.721. The fraction of sp³-hybridized carbons (Fsp3) is 1.00. The first-order valence-electron chi connectivity index (χ1n) is 32.4. The Kier molecular flexibility index (Phi) is 27.0. The van der Waals surface area contributed by atoms with Gasteiger partial charge in [0.25, 0.3) is 0 Å². The summed E-state index contributed by atoms with van der Waals surface area (Å²) in [6, 6.07) is 0. The molecule has 0 N–H and O–H groups in total. The van der Waals surface area contributed by atoms with Gasteiger partial charge < -0.3 is 47.4 Å². The summed E-state index contributed by atoms with van der Waals surface area (Å²) < 4.78 is 52.9. The first-order chi connectivity index (χ1) is 36.1. The highest BCUT2D eigenvalue weighted by Crippen LogP contribution is 2.59. The van der Waals surface area contributed by atoms with Crippen LogP contribution in [0.3, 0.4) is 0 Å². The molecule has 8 aliphatic heterocycles. The van der Waals surface area contributed by atoms with Crippen LogP contribution in [0.4, 0.5) is 0 Å². The van der Waals surface area contributed by atoms with Gasteiger partial charge in [0.15, 0.2) is 0 Å². The van der Waals surface area contributed by atoms with Gasteiger partial charge in [0.2, 0.25) is 0 Å². The third-order valence-corrected chi connectivity index (χ3v) is 19.7. The lowest BCUT2D eigenvalue weighted by molar-refractivity contribution is 0.114. The number of epoxide rings is 8. The Balaban J connectivity index is 0.000000141. The standard InChI is InChI=1S/2C12H22O.C9H16O.C8H12O.C7H14O2.C6H12O2.C6H12O.C5H10O/c1-5-8(2)10-6-9(3)12(4)11(7-10)13-12;1-5-8(2)9-6-7-12(3,4)11-10(9)13-11;1-2-3-7-4-5-8-9(6-7)10-8;1-4-2-5-3-6(4)8-7(5)9-8;1-2-3-4-8-5-7-6-9-7;1-2-3-7-4-6-5-8-6;1-2-3-4-6-5-7-6;1-2-3-5-4-6-5/h2*8-11H,5-7H2,1-4H3;7-9H,2-6H2,1H3;4-8H,2-3H2,1H3;7H,2-6H2,1H3;6H,2-5H2,1H3;6H,2-5H2,1H3;5H,2-4H2,1H3. The molecule has 21 unspecified atom stereocenters. The first kappa shape index (κ1) is 63.8. The molecule has 8 saturated heterocycles. The van der Waals surface area contributed by atoms with Crippen molar-refractivity contribution in [3.63, 3.8) is 0 Å². The van der Waals surface area contributed by atoms with Gasteiger partial charge >= 0.3 is 0 Å². The molecule has 0 spiro atoms. The van der Waals surface area contributed by atoms with E-state index in [1.54, 1.807) is 0 Å². The molecule has 13 aliphatic rings. The molecular formula is C65H120O10. The number of ether oxygens (including phenoxy) is 10. The molecule has 10 heteroatoms. The molecule has 21 atom stereocenters. The Morgan fingerprint density at radius 1 is 0.547 bits per heavy atom. The maximum Gasteiger partial charge on any atom is 0.104 e. The predicted octanol–water partition coefficient (Wildman–Crippen LogP) is 15.0. The van der Waals surface area contributed by atoms with Crippen molar-refractivity contribution in [2.24, 2.45) is 58.7 Å². The Hall–Kier alpha value is -0.400. The molecule has 2 bridgehead atoms. The highest BCUT2D eigenvalue weighted by molar-refractivity contribution is 5.10. The van der Waals surface area contributed by atoms with E-state index < -0.39 is 0 Å². The van der Waals surface area contributed by atoms with Crippen LogP contribution in [0, 0.1) is 58.7 Å². The summed E-state index contributed by atoms with van der Waals surface area (Å²) in [5.74, 6) is 8.17. The first-order valence-corrected chi connectivity index (χ1v) is 32.4. The Morgan fingerprint density at radius 2 is 1.17 bits per heavy atom. The van der Waals surface area contributed by atoms with Gasteiger partial charge in [-0.05, 0) is 149 Å². The van der Waals surface area contributed by atoms with Gasteiger partial charge in [0.1, 0.15) is 12.2 Å². The molecule has 75 heavy (non-hydrogen) atoms. The molecule has 0 aromatic heterocycles. The predicted molar refractivity (Wildman–Crippen MR) is 304 cm³/mol. The lowest BCUT2D eigenvalue weighted by Crippen LogP contribution is -2.33. The second-order valence-corrected chi connectivity index (χ2v) is 26.8. The van der Waals surface area contributed by atoms with Crippen molar-refractivity contribution in [2.45, 2.75) is 305 Å². The lowest BCUT2D eigenvalue weighted by atomic mass is 9.69. The van der Waals surface area contributed by atoms with Gasteiger partial charge in [-0.2, -0.15) is 0 Å². The van der Waals surface area contributed by atoms with Crippen molar-refractivity contribution in [3.8, 4) is 0 Å². The summed E-state index contributed by atoms with van der Waals surface area (Å²) in [6.07, 6.45) is 34.6. The Labute approximate surface area is 461 Å². The van der Waals surface area contributed by atoms with E-state index >= 15 is 0 Å². The molecule has 13 fully saturated rings. The summed E-state index contributed by atoms with van der Waals surface area (Å²) in [5, 5.41) is 0. The van der Waals surface area contributed by atoms with E-state index in [4.69, 9.17) is 47.4 Å². The molecule has 0 aromatic carbocycles. The number of fused-ring (bicyclic) bond motifs is 8. The maximum absolute atomic E-state index is 5.83. The van der Waals surface area contributed by atoms with Crippen LogP contribution in [0.2, 0.25) is 0 Å². The highest BCUT2D eigenvalue weighted by atomic mass is 16.6. The van der Waals surface area contributed by atoms with Crippen LogP contribution in [0.1, 0.15) is 232 Å². The van der Waals surface area contributed by atoms with Gasteiger partial charge in [0.05, 0.1) is 100 Å². The SMILES string of the molecule is CC1CC2CC1C1OC21.CCC(C)C1CC(C)C2(C)OC2C1.CCC(C)C1CCC(C)(C)C2OC12.CCCC1CCC2OC2C1.CCCC1CO1.CCCCC1CO1.CCCCOCC1CO1.CCCOCC1CO1. The smallest absolute Gasteiger partial charge is 0.104 e. The van der Waals surface area contributed by atoms with Crippen LogP contribution in [-0.2, 0) is 47.4 Å². The fourth-order valence-electron chi connectivity index (χ4n) is 13.1. The average Bonchev–Trinajstić information content (AvgIpc) is 4.20. The van der Waals surface area contributed by atoms with Crippen molar-refractivity contribution in [1.82, 2.24) is 0 Å². The van der Waals surface area contributed by atoms with Crippen molar-refractivity contribution in [1.29, 1.82) is 0 Å². The van der Waals surface area contributed by atoms with Crippen LogP contribution >= 0.6 is 0 Å². The Bertz CT molecular complexity index is 1520. The van der Waals surface area contributed by atoms with Crippen LogP contribution in [0.15, 0.2) is 0 Å². The van der Waals surface area contributed by atoms with Gasteiger partial charge in [-0.1, -0.05) is 141 Å².